The van der Waals surface area contributed by atoms with E-state index in [1.165, 1.54) is 18.9 Å². The number of benzene rings is 1. The number of hydrogen-bond donors (Lipinski definition) is 1. The lowest BCUT2D eigenvalue weighted by Gasteiger charge is -2.30. The summed E-state index contributed by atoms with van der Waals surface area (Å²) in [6.45, 7) is 6.26. The number of nitrogens with one attached hydrogen (secondary N) is 1. The van der Waals surface area contributed by atoms with Crippen LogP contribution in [0.3, 0.4) is 0 Å². The largest absolute Gasteiger partial charge is 0.356 e. The molecule has 0 radical (unpaired) electrons. The van der Waals surface area contributed by atoms with Crippen molar-refractivity contribution in [3.8, 4) is 0 Å². The van der Waals surface area contributed by atoms with Crippen LogP contribution in [0.25, 0.3) is 0 Å². The number of halogens is 2. The molecule has 2 rings (SSSR count). The Kier molecular flexibility index (Phi) is 6.65. The van der Waals surface area contributed by atoms with Crippen LogP contribution >= 0.6 is 11.6 Å². The number of nitrogens with zero attached hydrogens (tertiary/aromatic N) is 1. The second-order valence-corrected chi connectivity index (χ2v) is 6.60. The van der Waals surface area contributed by atoms with Gasteiger partial charge in [-0.2, -0.15) is 0 Å². The van der Waals surface area contributed by atoms with E-state index in [1.54, 1.807) is 12.1 Å². The number of rotatable bonds is 6. The summed E-state index contributed by atoms with van der Waals surface area (Å²) in [6, 6.07) is 4.40. The van der Waals surface area contributed by atoms with E-state index in [2.05, 4.69) is 17.1 Å². The van der Waals surface area contributed by atoms with Crippen LogP contribution in [-0.2, 0) is 11.2 Å². The summed E-state index contributed by atoms with van der Waals surface area (Å²) in [5.74, 6) is 0.203. The summed E-state index contributed by atoms with van der Waals surface area (Å²) in [6.07, 6.45) is 3.58. The van der Waals surface area contributed by atoms with Gasteiger partial charge < -0.3 is 10.2 Å². The number of hydrogen-bond acceptors (Lipinski definition) is 2. The van der Waals surface area contributed by atoms with Crippen molar-refractivity contribution >= 4 is 17.5 Å². The Balaban J connectivity index is 1.65. The molecule has 22 heavy (non-hydrogen) atoms. The zero-order valence-corrected chi connectivity index (χ0v) is 13.8. The number of likely N-dealkylation sites (tertiary alicyclic amines) is 1. The highest BCUT2D eigenvalue weighted by molar-refractivity contribution is 6.30. The maximum atomic E-state index is 13.6. The summed E-state index contributed by atoms with van der Waals surface area (Å²) in [5.41, 5.74) is 0.381. The van der Waals surface area contributed by atoms with Crippen LogP contribution in [0.5, 0.6) is 0 Å². The molecule has 1 atom stereocenters. The normalized spacial score (nSPS) is 19.1. The SMILES string of the molecule is C[C@H]1CCCN(CCCNC(=O)Cc2ccc(Cl)cc2F)C1. The molecule has 1 amide bonds. The highest BCUT2D eigenvalue weighted by atomic mass is 35.5. The minimum absolute atomic E-state index is 0.0593. The second-order valence-electron chi connectivity index (χ2n) is 6.16. The predicted octanol–water partition coefficient (Wildman–Crippen LogP) is 3.26. The monoisotopic (exact) mass is 326 g/mol. The minimum atomic E-state index is -0.426. The predicted molar refractivity (Wildman–Crippen MR) is 87.6 cm³/mol. The van der Waals surface area contributed by atoms with E-state index in [4.69, 9.17) is 11.6 Å². The molecule has 1 saturated heterocycles. The van der Waals surface area contributed by atoms with E-state index >= 15 is 0 Å². The van der Waals surface area contributed by atoms with Gasteiger partial charge >= 0.3 is 0 Å². The molecule has 0 aliphatic carbocycles. The zero-order valence-electron chi connectivity index (χ0n) is 13.1. The number of carbonyl (C=O) groups excluding carboxylic acids is 1. The van der Waals surface area contributed by atoms with Gasteiger partial charge in [-0.15, -0.1) is 0 Å². The third kappa shape index (κ3) is 5.58. The maximum absolute atomic E-state index is 13.6. The molecule has 1 aromatic rings. The Bertz CT molecular complexity index is 509. The molecule has 5 heteroatoms. The Hall–Kier alpha value is -1.13. The average molecular weight is 327 g/mol. The first kappa shape index (κ1) is 17.2. The molecule has 1 aliphatic heterocycles. The third-order valence-electron chi connectivity index (χ3n) is 4.08. The van der Waals surface area contributed by atoms with Gasteiger partial charge in [0, 0.05) is 18.1 Å². The molecule has 0 aromatic heterocycles. The molecule has 122 valence electrons. The third-order valence-corrected chi connectivity index (χ3v) is 4.32. The molecular weight excluding hydrogens is 303 g/mol. The first-order chi connectivity index (χ1) is 10.5. The fraction of sp³-hybridized carbons (Fsp3) is 0.588. The molecule has 0 spiro atoms. The van der Waals surface area contributed by atoms with Gasteiger partial charge in [-0.1, -0.05) is 24.6 Å². The summed E-state index contributed by atoms with van der Waals surface area (Å²) in [4.78, 5) is 14.3. The van der Waals surface area contributed by atoms with Crippen molar-refractivity contribution < 1.29 is 9.18 Å². The molecular formula is C17H24ClFN2O. The molecule has 1 aliphatic rings. The van der Waals surface area contributed by atoms with E-state index in [1.807, 2.05) is 0 Å². The second kappa shape index (κ2) is 8.49. The number of carbonyl (C=O) groups is 1. The van der Waals surface area contributed by atoms with Crippen molar-refractivity contribution in [3.05, 3.63) is 34.6 Å². The van der Waals surface area contributed by atoms with Crippen LogP contribution < -0.4 is 5.32 Å². The molecule has 3 nitrogen and oxygen atoms in total. The van der Waals surface area contributed by atoms with Gasteiger partial charge in [0.25, 0.3) is 0 Å². The quantitative estimate of drug-likeness (QED) is 0.814. The van der Waals surface area contributed by atoms with Gasteiger partial charge in [-0.05, 0) is 56.0 Å². The molecule has 1 fully saturated rings. The summed E-state index contributed by atoms with van der Waals surface area (Å²) in [7, 11) is 0. The Morgan fingerprint density at radius 2 is 2.32 bits per heavy atom. The molecule has 1 heterocycles. The van der Waals surface area contributed by atoms with Gasteiger partial charge in [0.05, 0.1) is 6.42 Å². The molecule has 1 aromatic carbocycles. The smallest absolute Gasteiger partial charge is 0.224 e. The van der Waals surface area contributed by atoms with Crippen LogP contribution in [0.1, 0.15) is 31.7 Å². The van der Waals surface area contributed by atoms with Gasteiger partial charge in [0.2, 0.25) is 5.91 Å². The van der Waals surface area contributed by atoms with Gasteiger partial charge in [0.1, 0.15) is 5.82 Å². The van der Waals surface area contributed by atoms with Crippen molar-refractivity contribution in [1.82, 2.24) is 10.2 Å². The first-order valence-corrected chi connectivity index (χ1v) is 8.35. The molecule has 0 saturated carbocycles. The van der Waals surface area contributed by atoms with Crippen LogP contribution in [0, 0.1) is 11.7 Å². The Morgan fingerprint density at radius 3 is 3.05 bits per heavy atom. The first-order valence-electron chi connectivity index (χ1n) is 7.97. The standard InChI is InChI=1S/C17H24ClFN2O/c1-13-4-2-8-21(12-13)9-3-7-20-17(22)10-14-5-6-15(18)11-16(14)19/h5-6,11,13H,2-4,7-10,12H2,1H3,(H,20,22)/t13-/m0/s1. The van der Waals surface area contributed by atoms with E-state index in [0.29, 0.717) is 17.1 Å². The van der Waals surface area contributed by atoms with Crippen molar-refractivity contribution in [2.75, 3.05) is 26.2 Å². The molecule has 1 N–H and O–H groups in total. The Labute approximate surface area is 136 Å². The van der Waals surface area contributed by atoms with Crippen molar-refractivity contribution in [3.63, 3.8) is 0 Å². The van der Waals surface area contributed by atoms with Crippen LogP contribution in [0.2, 0.25) is 5.02 Å². The number of amides is 1. The Morgan fingerprint density at radius 1 is 1.50 bits per heavy atom. The van der Waals surface area contributed by atoms with Crippen molar-refractivity contribution in [1.29, 1.82) is 0 Å². The van der Waals surface area contributed by atoms with Crippen molar-refractivity contribution in [2.45, 2.75) is 32.6 Å². The minimum Gasteiger partial charge on any atom is -0.356 e. The van der Waals surface area contributed by atoms with E-state index < -0.39 is 5.82 Å². The fourth-order valence-corrected chi connectivity index (χ4v) is 3.08. The number of piperidine rings is 1. The van der Waals surface area contributed by atoms with E-state index in [-0.39, 0.29) is 12.3 Å². The van der Waals surface area contributed by atoms with Gasteiger partial charge in [-0.3, -0.25) is 4.79 Å². The highest BCUT2D eigenvalue weighted by Gasteiger charge is 2.15. The topological polar surface area (TPSA) is 32.3 Å². The van der Waals surface area contributed by atoms with E-state index in [9.17, 15) is 9.18 Å². The lowest BCUT2D eigenvalue weighted by molar-refractivity contribution is -0.120. The van der Waals surface area contributed by atoms with Gasteiger partial charge in [-0.25, -0.2) is 4.39 Å². The summed E-state index contributed by atoms with van der Waals surface area (Å²) >= 11 is 5.69. The lowest BCUT2D eigenvalue weighted by Crippen LogP contribution is -2.36. The highest BCUT2D eigenvalue weighted by Crippen LogP contribution is 2.16. The van der Waals surface area contributed by atoms with Gasteiger partial charge in [0.15, 0.2) is 0 Å². The van der Waals surface area contributed by atoms with Crippen LogP contribution in [0.15, 0.2) is 18.2 Å². The molecule has 0 unspecified atom stereocenters. The lowest BCUT2D eigenvalue weighted by atomic mass is 10.0. The van der Waals surface area contributed by atoms with Crippen LogP contribution in [-0.4, -0.2) is 37.0 Å². The van der Waals surface area contributed by atoms with Crippen LogP contribution in [0.4, 0.5) is 4.39 Å². The maximum Gasteiger partial charge on any atom is 0.224 e. The summed E-state index contributed by atoms with van der Waals surface area (Å²) in [5, 5.41) is 3.20. The molecule has 0 bridgehead atoms. The summed E-state index contributed by atoms with van der Waals surface area (Å²) < 4.78 is 13.6. The fourth-order valence-electron chi connectivity index (χ4n) is 2.92. The van der Waals surface area contributed by atoms with Crippen molar-refractivity contribution in [2.24, 2.45) is 5.92 Å². The average Bonchev–Trinajstić information content (AvgIpc) is 2.47. The zero-order chi connectivity index (χ0) is 15.9. The van der Waals surface area contributed by atoms with E-state index in [0.717, 1.165) is 32.0 Å².